The summed E-state index contributed by atoms with van der Waals surface area (Å²) in [4.78, 5) is 16.8. The summed E-state index contributed by atoms with van der Waals surface area (Å²) < 4.78 is 15.2. The van der Waals surface area contributed by atoms with Gasteiger partial charge in [-0.05, 0) is 47.4 Å². The van der Waals surface area contributed by atoms with Gasteiger partial charge in [0.15, 0.2) is 0 Å². The van der Waals surface area contributed by atoms with Gasteiger partial charge in [0.1, 0.15) is 17.2 Å². The summed E-state index contributed by atoms with van der Waals surface area (Å²) in [6.07, 6.45) is 4.28. The zero-order valence-corrected chi connectivity index (χ0v) is 15.7. The van der Waals surface area contributed by atoms with Crippen molar-refractivity contribution in [2.24, 2.45) is 0 Å². The highest BCUT2D eigenvalue weighted by molar-refractivity contribution is 6.31. The molecule has 6 heteroatoms. The number of benzene rings is 2. The van der Waals surface area contributed by atoms with Crippen LogP contribution in [0.15, 0.2) is 73.1 Å². The highest BCUT2D eigenvalue weighted by Crippen LogP contribution is 2.25. The van der Waals surface area contributed by atoms with E-state index in [9.17, 15) is 9.18 Å². The summed E-state index contributed by atoms with van der Waals surface area (Å²) in [5.41, 5.74) is 3.81. The van der Waals surface area contributed by atoms with Gasteiger partial charge in [0.25, 0.3) is 5.91 Å². The van der Waals surface area contributed by atoms with Crippen molar-refractivity contribution < 1.29 is 9.18 Å². The maximum absolute atomic E-state index is 13.4. The number of imidazole rings is 1. The quantitative estimate of drug-likeness (QED) is 0.531. The Hall–Kier alpha value is -3.18. The lowest BCUT2D eigenvalue weighted by Gasteiger charge is -2.04. The molecule has 0 aliphatic rings. The molecule has 4 nitrogen and oxygen atoms in total. The van der Waals surface area contributed by atoms with Crippen LogP contribution in [0.4, 0.5) is 4.39 Å². The Morgan fingerprint density at radius 3 is 2.61 bits per heavy atom. The van der Waals surface area contributed by atoms with Crippen LogP contribution in [0, 0.1) is 5.82 Å². The Labute approximate surface area is 166 Å². The Bertz CT molecular complexity index is 1140. The van der Waals surface area contributed by atoms with Crippen LogP contribution in [0.25, 0.3) is 16.8 Å². The van der Waals surface area contributed by atoms with E-state index in [1.807, 2.05) is 48.7 Å². The number of pyridine rings is 1. The van der Waals surface area contributed by atoms with Crippen LogP contribution in [0.1, 0.15) is 16.1 Å². The van der Waals surface area contributed by atoms with Crippen LogP contribution < -0.4 is 5.32 Å². The first-order valence-corrected chi connectivity index (χ1v) is 9.24. The van der Waals surface area contributed by atoms with E-state index >= 15 is 0 Å². The zero-order valence-electron chi connectivity index (χ0n) is 14.9. The van der Waals surface area contributed by atoms with E-state index in [0.29, 0.717) is 17.9 Å². The fraction of sp³-hybridized carbons (Fsp3) is 0.0909. The van der Waals surface area contributed by atoms with Gasteiger partial charge in [-0.1, -0.05) is 48.0 Å². The fourth-order valence-electron chi connectivity index (χ4n) is 3.00. The molecule has 4 aromatic rings. The van der Waals surface area contributed by atoms with E-state index in [0.717, 1.165) is 17.5 Å². The van der Waals surface area contributed by atoms with E-state index in [-0.39, 0.29) is 10.9 Å². The normalized spacial score (nSPS) is 10.9. The largest absolute Gasteiger partial charge is 0.350 e. The van der Waals surface area contributed by atoms with Crippen molar-refractivity contribution in [2.75, 3.05) is 6.54 Å². The molecule has 0 spiro atoms. The number of rotatable bonds is 5. The maximum atomic E-state index is 13.4. The summed E-state index contributed by atoms with van der Waals surface area (Å²) in [6, 6.07) is 18.2. The number of hydrogen-bond acceptors (Lipinski definition) is 2. The van der Waals surface area contributed by atoms with Gasteiger partial charge in [0, 0.05) is 18.9 Å². The summed E-state index contributed by atoms with van der Waals surface area (Å²) in [6.45, 7) is 0.538. The molecule has 0 saturated carbocycles. The molecule has 2 heterocycles. The van der Waals surface area contributed by atoms with Crippen molar-refractivity contribution >= 4 is 23.2 Å². The van der Waals surface area contributed by atoms with E-state index in [4.69, 9.17) is 11.6 Å². The molecule has 2 aromatic heterocycles. The van der Waals surface area contributed by atoms with E-state index in [2.05, 4.69) is 10.3 Å². The number of halogens is 2. The van der Waals surface area contributed by atoms with Crippen LogP contribution in [0.2, 0.25) is 5.02 Å². The molecule has 0 radical (unpaired) electrons. The van der Waals surface area contributed by atoms with Gasteiger partial charge in [-0.3, -0.25) is 4.79 Å². The second kappa shape index (κ2) is 7.82. The van der Waals surface area contributed by atoms with E-state index in [1.54, 1.807) is 22.7 Å². The summed E-state index contributed by atoms with van der Waals surface area (Å²) in [7, 11) is 0. The molecule has 0 saturated heterocycles. The number of fused-ring (bicyclic) bond motifs is 1. The first-order chi connectivity index (χ1) is 13.6. The first-order valence-electron chi connectivity index (χ1n) is 8.86. The number of nitrogens with one attached hydrogen (secondary N) is 1. The Morgan fingerprint density at radius 2 is 1.82 bits per heavy atom. The zero-order chi connectivity index (χ0) is 19.5. The minimum absolute atomic E-state index is 0.0710. The fourth-order valence-corrected chi connectivity index (χ4v) is 3.18. The van der Waals surface area contributed by atoms with Gasteiger partial charge < -0.3 is 9.72 Å². The lowest BCUT2D eigenvalue weighted by molar-refractivity contribution is 0.0950. The summed E-state index contributed by atoms with van der Waals surface area (Å²) >= 11 is 5.87. The van der Waals surface area contributed by atoms with Crippen molar-refractivity contribution in [2.45, 2.75) is 6.42 Å². The number of nitrogens with zero attached hydrogens (tertiary/aromatic N) is 2. The molecule has 0 aliphatic heterocycles. The number of amides is 1. The Kier molecular flexibility index (Phi) is 5.08. The third-order valence-electron chi connectivity index (χ3n) is 4.48. The van der Waals surface area contributed by atoms with Crippen molar-refractivity contribution in [1.29, 1.82) is 0 Å². The predicted molar refractivity (Wildman–Crippen MR) is 108 cm³/mol. The summed E-state index contributed by atoms with van der Waals surface area (Å²) in [5.74, 6) is -0.672. The molecule has 0 fully saturated rings. The smallest absolute Gasteiger partial charge is 0.271 e. The number of hydrogen-bond donors (Lipinski definition) is 1. The van der Waals surface area contributed by atoms with E-state index in [1.165, 1.54) is 11.6 Å². The van der Waals surface area contributed by atoms with Crippen LogP contribution in [0.3, 0.4) is 0 Å². The maximum Gasteiger partial charge on any atom is 0.271 e. The van der Waals surface area contributed by atoms with Crippen molar-refractivity contribution in [3.8, 4) is 11.1 Å². The van der Waals surface area contributed by atoms with Crippen LogP contribution >= 0.6 is 11.6 Å². The molecule has 0 unspecified atom stereocenters. The minimum Gasteiger partial charge on any atom is -0.350 e. The highest BCUT2D eigenvalue weighted by atomic mass is 35.5. The van der Waals surface area contributed by atoms with Gasteiger partial charge in [-0.15, -0.1) is 0 Å². The second-order valence-corrected chi connectivity index (χ2v) is 6.84. The van der Waals surface area contributed by atoms with Crippen LogP contribution in [-0.2, 0) is 6.42 Å². The molecule has 28 heavy (non-hydrogen) atoms. The highest BCUT2D eigenvalue weighted by Gasteiger charge is 2.11. The molecule has 0 bridgehead atoms. The molecular formula is C22H17ClFN3O. The standard InChI is InChI=1S/C22H17ClFN3O/c23-18-12-16(6-8-19(18)24)17-7-9-21-26-20(14-27(21)13-17)22(28)25-11-10-15-4-2-1-3-5-15/h1-9,12-14H,10-11H2,(H,25,28). The third-order valence-corrected chi connectivity index (χ3v) is 4.77. The van der Waals surface area contributed by atoms with Gasteiger partial charge in [-0.2, -0.15) is 0 Å². The third kappa shape index (κ3) is 3.89. The van der Waals surface area contributed by atoms with Crippen molar-refractivity contribution in [3.05, 3.63) is 95.2 Å². The topological polar surface area (TPSA) is 46.4 Å². The monoisotopic (exact) mass is 393 g/mol. The van der Waals surface area contributed by atoms with E-state index < -0.39 is 5.82 Å². The van der Waals surface area contributed by atoms with Crippen molar-refractivity contribution in [1.82, 2.24) is 14.7 Å². The SMILES string of the molecule is O=C(NCCc1ccccc1)c1cn2cc(-c3ccc(F)c(Cl)c3)ccc2n1. The molecule has 1 N–H and O–H groups in total. The van der Waals surface area contributed by atoms with Gasteiger partial charge >= 0.3 is 0 Å². The molecule has 0 aliphatic carbocycles. The number of carbonyl (C=O) groups is 1. The lowest BCUT2D eigenvalue weighted by atomic mass is 10.1. The molecule has 4 rings (SSSR count). The number of carbonyl (C=O) groups excluding carboxylic acids is 1. The molecule has 0 atom stereocenters. The molecule has 140 valence electrons. The molecule has 2 aromatic carbocycles. The Morgan fingerprint density at radius 1 is 1.04 bits per heavy atom. The van der Waals surface area contributed by atoms with Gasteiger partial charge in [0.2, 0.25) is 0 Å². The predicted octanol–water partition coefficient (Wildman–Crippen LogP) is 4.77. The van der Waals surface area contributed by atoms with Crippen LogP contribution in [0.5, 0.6) is 0 Å². The average Bonchev–Trinajstić information content (AvgIpc) is 3.14. The van der Waals surface area contributed by atoms with Crippen LogP contribution in [-0.4, -0.2) is 21.8 Å². The Balaban J connectivity index is 1.49. The van der Waals surface area contributed by atoms with Gasteiger partial charge in [-0.25, -0.2) is 9.37 Å². The lowest BCUT2D eigenvalue weighted by Crippen LogP contribution is -2.25. The minimum atomic E-state index is -0.455. The summed E-state index contributed by atoms with van der Waals surface area (Å²) in [5, 5.41) is 2.97. The van der Waals surface area contributed by atoms with Gasteiger partial charge in [0.05, 0.1) is 5.02 Å². The van der Waals surface area contributed by atoms with Crippen molar-refractivity contribution in [3.63, 3.8) is 0 Å². The second-order valence-electron chi connectivity index (χ2n) is 6.43. The average molecular weight is 394 g/mol. The molecular weight excluding hydrogens is 377 g/mol. The number of aromatic nitrogens is 2. The molecule has 1 amide bonds. The first kappa shape index (κ1) is 18.2.